The van der Waals surface area contributed by atoms with Crippen molar-refractivity contribution in [3.63, 3.8) is 0 Å². The fourth-order valence-electron chi connectivity index (χ4n) is 2.97. The smallest absolute Gasteiger partial charge is 0.322 e. The zero-order valence-electron chi connectivity index (χ0n) is 14.4. The lowest BCUT2D eigenvalue weighted by molar-refractivity contribution is -0.119. The van der Waals surface area contributed by atoms with Crippen LogP contribution in [-0.2, 0) is 4.79 Å². The van der Waals surface area contributed by atoms with E-state index in [0.29, 0.717) is 30.1 Å². The van der Waals surface area contributed by atoms with Gasteiger partial charge in [-0.2, -0.15) is 0 Å². The van der Waals surface area contributed by atoms with Gasteiger partial charge in [-0.15, -0.1) is 0 Å². The van der Waals surface area contributed by atoms with Gasteiger partial charge < -0.3 is 20.3 Å². The number of carbonyl (C=O) groups excluding carboxylic acids is 2. The maximum atomic E-state index is 13.3. The lowest BCUT2D eigenvalue weighted by Gasteiger charge is -2.24. The third-order valence-electron chi connectivity index (χ3n) is 4.23. The van der Waals surface area contributed by atoms with Crippen molar-refractivity contribution in [2.24, 2.45) is 0 Å². The van der Waals surface area contributed by atoms with Crippen LogP contribution < -0.4 is 15.4 Å². The number of urea groups is 1. The van der Waals surface area contributed by atoms with Crippen molar-refractivity contribution in [1.29, 1.82) is 0 Å². The van der Waals surface area contributed by atoms with Gasteiger partial charge >= 0.3 is 6.03 Å². The first-order chi connectivity index (χ1) is 12.6. The van der Waals surface area contributed by atoms with Crippen LogP contribution in [0.4, 0.5) is 20.6 Å². The first-order valence-electron chi connectivity index (χ1n) is 8.35. The van der Waals surface area contributed by atoms with Crippen LogP contribution in [0.3, 0.4) is 0 Å². The Morgan fingerprint density at radius 1 is 1.12 bits per heavy atom. The molecular formula is C19H20FN3O3. The molecular weight excluding hydrogens is 337 g/mol. The predicted octanol–water partition coefficient (Wildman–Crippen LogP) is 3.47. The Morgan fingerprint density at radius 3 is 2.58 bits per heavy atom. The average molecular weight is 357 g/mol. The van der Waals surface area contributed by atoms with Crippen LogP contribution >= 0.6 is 0 Å². The van der Waals surface area contributed by atoms with Crippen LogP contribution in [0.2, 0.25) is 0 Å². The van der Waals surface area contributed by atoms with E-state index in [2.05, 4.69) is 10.6 Å². The number of benzene rings is 2. The zero-order valence-corrected chi connectivity index (χ0v) is 14.4. The number of ether oxygens (including phenoxy) is 1. The highest BCUT2D eigenvalue weighted by Crippen LogP contribution is 2.22. The van der Waals surface area contributed by atoms with E-state index in [0.717, 1.165) is 6.42 Å². The minimum Gasteiger partial charge on any atom is -0.497 e. The van der Waals surface area contributed by atoms with E-state index >= 15 is 0 Å². The topological polar surface area (TPSA) is 70.7 Å². The molecule has 26 heavy (non-hydrogen) atoms. The molecule has 7 heteroatoms. The number of hydrogen-bond donors (Lipinski definition) is 2. The van der Waals surface area contributed by atoms with Crippen LogP contribution in [0.15, 0.2) is 48.5 Å². The Bertz CT molecular complexity index is 812. The van der Waals surface area contributed by atoms with E-state index in [1.54, 1.807) is 37.4 Å². The summed E-state index contributed by atoms with van der Waals surface area (Å²) in [5, 5.41) is 5.45. The molecule has 1 heterocycles. The van der Waals surface area contributed by atoms with Crippen LogP contribution in [0, 0.1) is 5.82 Å². The summed E-state index contributed by atoms with van der Waals surface area (Å²) in [6.45, 7) is 0.470. The first kappa shape index (κ1) is 17.7. The van der Waals surface area contributed by atoms with E-state index in [1.165, 1.54) is 23.1 Å². The Kier molecular flexibility index (Phi) is 5.36. The molecule has 0 aromatic heterocycles. The van der Waals surface area contributed by atoms with Crippen molar-refractivity contribution in [3.05, 3.63) is 54.3 Å². The van der Waals surface area contributed by atoms with Gasteiger partial charge in [0.1, 0.15) is 17.6 Å². The molecule has 1 aliphatic rings. The van der Waals surface area contributed by atoms with Crippen LogP contribution in [-0.4, -0.2) is 36.5 Å². The lowest BCUT2D eigenvalue weighted by atomic mass is 10.2. The largest absolute Gasteiger partial charge is 0.497 e. The number of likely N-dealkylation sites (tertiary alicyclic amines) is 1. The van der Waals surface area contributed by atoms with Crippen LogP contribution in [0.1, 0.15) is 12.8 Å². The molecule has 136 valence electrons. The molecule has 3 rings (SSSR count). The van der Waals surface area contributed by atoms with Gasteiger partial charge in [-0.05, 0) is 43.2 Å². The summed E-state index contributed by atoms with van der Waals surface area (Å²) in [7, 11) is 1.55. The van der Waals surface area contributed by atoms with Gasteiger partial charge in [-0.3, -0.25) is 4.79 Å². The number of anilines is 2. The fraction of sp³-hybridized carbons (Fsp3) is 0.263. The van der Waals surface area contributed by atoms with E-state index < -0.39 is 17.9 Å². The molecule has 1 atom stereocenters. The number of halogens is 1. The Morgan fingerprint density at radius 2 is 1.85 bits per heavy atom. The van der Waals surface area contributed by atoms with Crippen molar-refractivity contribution >= 4 is 23.3 Å². The molecule has 0 aliphatic carbocycles. The summed E-state index contributed by atoms with van der Waals surface area (Å²) in [5.41, 5.74) is 0.959. The minimum absolute atomic E-state index is 0.259. The molecule has 0 spiro atoms. The maximum absolute atomic E-state index is 13.3. The molecule has 2 N–H and O–H groups in total. The lowest BCUT2D eigenvalue weighted by Crippen LogP contribution is -2.45. The Balaban J connectivity index is 1.66. The normalized spacial score (nSPS) is 16.2. The summed E-state index contributed by atoms with van der Waals surface area (Å²) in [4.78, 5) is 26.6. The minimum atomic E-state index is -0.574. The quantitative estimate of drug-likeness (QED) is 0.880. The number of amides is 3. The van der Waals surface area contributed by atoms with Crippen LogP contribution in [0.25, 0.3) is 0 Å². The summed E-state index contributed by atoms with van der Waals surface area (Å²) < 4.78 is 18.4. The molecule has 2 aromatic carbocycles. The van der Waals surface area contributed by atoms with Gasteiger partial charge in [0.2, 0.25) is 5.91 Å². The Hall–Kier alpha value is -3.09. The van der Waals surface area contributed by atoms with E-state index in [9.17, 15) is 14.0 Å². The van der Waals surface area contributed by atoms with Gasteiger partial charge in [-0.1, -0.05) is 12.1 Å². The molecule has 3 amide bonds. The third-order valence-corrected chi connectivity index (χ3v) is 4.23. The van der Waals surface area contributed by atoms with Crippen molar-refractivity contribution in [2.45, 2.75) is 18.9 Å². The van der Waals surface area contributed by atoms with Gasteiger partial charge in [0.15, 0.2) is 0 Å². The third kappa shape index (κ3) is 4.11. The summed E-state index contributed by atoms with van der Waals surface area (Å²) in [6.07, 6.45) is 1.30. The highest BCUT2D eigenvalue weighted by atomic mass is 19.1. The van der Waals surface area contributed by atoms with E-state index in [-0.39, 0.29) is 5.91 Å². The number of nitrogens with zero attached hydrogens (tertiary/aromatic N) is 1. The van der Waals surface area contributed by atoms with Crippen molar-refractivity contribution in [2.75, 3.05) is 24.3 Å². The van der Waals surface area contributed by atoms with Crippen molar-refractivity contribution in [3.8, 4) is 5.75 Å². The number of methoxy groups -OCH3 is 1. The Labute approximate surface area is 150 Å². The maximum Gasteiger partial charge on any atom is 0.322 e. The zero-order chi connectivity index (χ0) is 18.5. The van der Waals surface area contributed by atoms with Crippen molar-refractivity contribution in [1.82, 2.24) is 4.90 Å². The molecule has 6 nitrogen and oxygen atoms in total. The van der Waals surface area contributed by atoms with Gasteiger partial charge in [0.25, 0.3) is 0 Å². The SMILES string of the molecule is COc1cccc(NC(=O)[C@H]2CCCN2C(=O)Nc2cccc(F)c2)c1. The number of rotatable bonds is 4. The second-order valence-electron chi connectivity index (χ2n) is 6.01. The fourth-order valence-corrected chi connectivity index (χ4v) is 2.97. The average Bonchev–Trinajstić information content (AvgIpc) is 3.12. The second kappa shape index (κ2) is 7.86. The van der Waals surface area contributed by atoms with Gasteiger partial charge in [0.05, 0.1) is 7.11 Å². The molecule has 1 aliphatic heterocycles. The summed E-state index contributed by atoms with van der Waals surface area (Å²) >= 11 is 0. The molecule has 0 unspecified atom stereocenters. The number of carbonyl (C=O) groups is 2. The summed E-state index contributed by atoms with van der Waals surface area (Å²) in [6, 6.07) is 11.7. The monoisotopic (exact) mass is 357 g/mol. The molecule has 0 radical (unpaired) electrons. The highest BCUT2D eigenvalue weighted by Gasteiger charge is 2.34. The van der Waals surface area contributed by atoms with Gasteiger partial charge in [-0.25, -0.2) is 9.18 Å². The highest BCUT2D eigenvalue weighted by molar-refractivity contribution is 5.99. The molecule has 1 fully saturated rings. The standard InChI is InChI=1S/C19H20FN3O3/c1-26-16-8-3-7-15(12-16)21-18(24)17-9-4-10-23(17)19(25)22-14-6-2-5-13(20)11-14/h2-3,5-8,11-12,17H,4,9-10H2,1H3,(H,21,24)(H,22,25)/t17-/m1/s1. The first-order valence-corrected chi connectivity index (χ1v) is 8.35. The molecule has 0 bridgehead atoms. The molecule has 2 aromatic rings. The summed E-state index contributed by atoms with van der Waals surface area (Å²) in [5.74, 6) is -0.0587. The van der Waals surface area contributed by atoms with Crippen LogP contribution in [0.5, 0.6) is 5.75 Å². The van der Waals surface area contributed by atoms with Crippen molar-refractivity contribution < 1.29 is 18.7 Å². The number of hydrogen-bond acceptors (Lipinski definition) is 3. The predicted molar refractivity (Wildman–Crippen MR) is 96.8 cm³/mol. The van der Waals surface area contributed by atoms with Gasteiger partial charge in [0, 0.05) is 24.0 Å². The van der Waals surface area contributed by atoms with E-state index in [1.807, 2.05) is 0 Å². The van der Waals surface area contributed by atoms with E-state index in [4.69, 9.17) is 4.74 Å². The molecule has 0 saturated carbocycles. The second-order valence-corrected chi connectivity index (χ2v) is 6.01. The molecule has 1 saturated heterocycles. The number of nitrogens with one attached hydrogen (secondary N) is 2.